The van der Waals surface area contributed by atoms with E-state index < -0.39 is 26.9 Å². The van der Waals surface area contributed by atoms with Crippen molar-refractivity contribution in [3.8, 4) is 0 Å². The number of hydrogen-bond acceptors (Lipinski definition) is 5. The van der Waals surface area contributed by atoms with Crippen molar-refractivity contribution in [3.05, 3.63) is 33.9 Å². The molecule has 1 saturated heterocycles. The van der Waals surface area contributed by atoms with E-state index in [9.17, 15) is 23.3 Å². The molecule has 2 rings (SSSR count). The van der Waals surface area contributed by atoms with Gasteiger partial charge in [0, 0.05) is 18.2 Å². The molecule has 0 aliphatic carbocycles. The number of rotatable bonds is 4. The van der Waals surface area contributed by atoms with Gasteiger partial charge in [0.1, 0.15) is 6.04 Å². The first-order chi connectivity index (χ1) is 9.75. The molecule has 0 radical (unpaired) electrons. The van der Waals surface area contributed by atoms with Gasteiger partial charge >= 0.3 is 0 Å². The number of sulfonamides is 1. The van der Waals surface area contributed by atoms with Gasteiger partial charge in [-0.25, -0.2) is 8.42 Å². The standard InChI is InChI=1S/C12H15N3O5S/c1-8-4-5-9(7-11(8)15(17)18)21(19,20)14-6-2-3-10(14)12(13)16/h4-5,7,10H,2-3,6H2,1H3,(H2,13,16)/t10-/m1/s1. The average molecular weight is 313 g/mol. The Morgan fingerprint density at radius 1 is 1.48 bits per heavy atom. The van der Waals surface area contributed by atoms with Crippen molar-refractivity contribution >= 4 is 21.6 Å². The van der Waals surface area contributed by atoms with Crippen molar-refractivity contribution in [1.82, 2.24) is 4.31 Å². The van der Waals surface area contributed by atoms with Gasteiger partial charge in [0.2, 0.25) is 15.9 Å². The van der Waals surface area contributed by atoms with Gasteiger partial charge in [-0.2, -0.15) is 4.31 Å². The summed E-state index contributed by atoms with van der Waals surface area (Å²) in [5.41, 5.74) is 5.31. The van der Waals surface area contributed by atoms with Crippen LogP contribution in [-0.4, -0.2) is 36.1 Å². The van der Waals surface area contributed by atoms with Gasteiger partial charge in [0.25, 0.3) is 5.69 Å². The molecule has 1 heterocycles. The van der Waals surface area contributed by atoms with Crippen molar-refractivity contribution in [1.29, 1.82) is 0 Å². The predicted molar refractivity (Wildman–Crippen MR) is 73.9 cm³/mol. The van der Waals surface area contributed by atoms with E-state index in [4.69, 9.17) is 5.73 Å². The summed E-state index contributed by atoms with van der Waals surface area (Å²) in [6.45, 7) is 1.70. The Labute approximate surface area is 121 Å². The fraction of sp³-hybridized carbons (Fsp3) is 0.417. The zero-order valence-corrected chi connectivity index (χ0v) is 12.2. The summed E-state index contributed by atoms with van der Waals surface area (Å²) >= 11 is 0. The number of carbonyl (C=O) groups excluding carboxylic acids is 1. The number of primary amides is 1. The Balaban J connectivity index is 2.47. The van der Waals surface area contributed by atoms with E-state index in [-0.39, 0.29) is 17.1 Å². The fourth-order valence-electron chi connectivity index (χ4n) is 2.39. The zero-order chi connectivity index (χ0) is 15.8. The third-order valence-corrected chi connectivity index (χ3v) is 5.42. The molecule has 8 nitrogen and oxygen atoms in total. The summed E-state index contributed by atoms with van der Waals surface area (Å²) in [6.07, 6.45) is 0.892. The molecule has 2 N–H and O–H groups in total. The van der Waals surface area contributed by atoms with Crippen LogP contribution >= 0.6 is 0 Å². The maximum atomic E-state index is 12.5. The highest BCUT2D eigenvalue weighted by Gasteiger charge is 2.38. The Hall–Kier alpha value is -2.00. The molecule has 1 atom stereocenters. The first-order valence-corrected chi connectivity index (χ1v) is 7.75. The van der Waals surface area contributed by atoms with Crippen molar-refractivity contribution in [2.24, 2.45) is 5.73 Å². The molecule has 0 bridgehead atoms. The fourth-order valence-corrected chi connectivity index (χ4v) is 4.08. The van der Waals surface area contributed by atoms with Gasteiger partial charge in [0.15, 0.2) is 0 Å². The number of carbonyl (C=O) groups is 1. The van der Waals surface area contributed by atoms with Gasteiger partial charge in [-0.3, -0.25) is 14.9 Å². The van der Waals surface area contributed by atoms with Gasteiger partial charge in [-0.05, 0) is 25.8 Å². The summed E-state index contributed by atoms with van der Waals surface area (Å²) in [6, 6.07) is 2.80. The van der Waals surface area contributed by atoms with Gasteiger partial charge < -0.3 is 5.73 Å². The van der Waals surface area contributed by atoms with Gasteiger partial charge in [0.05, 0.1) is 9.82 Å². The van der Waals surface area contributed by atoms with Crippen LogP contribution < -0.4 is 5.73 Å². The average Bonchev–Trinajstić information content (AvgIpc) is 2.88. The van der Waals surface area contributed by atoms with Gasteiger partial charge in [-0.15, -0.1) is 0 Å². The van der Waals surface area contributed by atoms with Crippen LogP contribution in [0.1, 0.15) is 18.4 Å². The molecule has 1 amide bonds. The normalized spacial score (nSPS) is 19.6. The summed E-state index contributed by atoms with van der Waals surface area (Å²) in [4.78, 5) is 21.4. The number of nitrogens with zero attached hydrogens (tertiary/aromatic N) is 2. The third-order valence-electron chi connectivity index (χ3n) is 3.52. The maximum absolute atomic E-state index is 12.5. The number of nitro benzene ring substituents is 1. The quantitative estimate of drug-likeness (QED) is 0.642. The lowest BCUT2D eigenvalue weighted by atomic mass is 10.2. The topological polar surface area (TPSA) is 124 Å². The minimum absolute atomic E-state index is 0.178. The van der Waals surface area contributed by atoms with E-state index in [2.05, 4.69) is 0 Å². The summed E-state index contributed by atoms with van der Waals surface area (Å²) < 4.78 is 26.1. The van der Waals surface area contributed by atoms with Crippen molar-refractivity contribution < 1.29 is 18.1 Å². The zero-order valence-electron chi connectivity index (χ0n) is 11.4. The van der Waals surface area contributed by atoms with Crippen LogP contribution in [-0.2, 0) is 14.8 Å². The molecule has 1 aromatic carbocycles. The molecule has 1 aromatic rings. The molecule has 1 aliphatic heterocycles. The third kappa shape index (κ3) is 2.74. The monoisotopic (exact) mass is 313 g/mol. The summed E-state index contributed by atoms with van der Waals surface area (Å²) in [5, 5.41) is 10.9. The number of nitro groups is 1. The Bertz CT molecular complexity index is 701. The van der Waals surface area contributed by atoms with Crippen LogP contribution in [0.5, 0.6) is 0 Å². The molecular formula is C12H15N3O5S. The molecule has 1 aliphatic rings. The van der Waals surface area contributed by atoms with E-state index in [0.29, 0.717) is 18.4 Å². The second-order valence-corrected chi connectivity index (χ2v) is 6.77. The SMILES string of the molecule is Cc1ccc(S(=O)(=O)N2CCC[C@@H]2C(N)=O)cc1[N+](=O)[O-]. The first kappa shape index (κ1) is 15.4. The van der Waals surface area contributed by atoms with Crippen molar-refractivity contribution in [3.63, 3.8) is 0 Å². The molecule has 0 aromatic heterocycles. The van der Waals surface area contributed by atoms with Gasteiger partial charge in [-0.1, -0.05) is 6.07 Å². The molecule has 9 heteroatoms. The Morgan fingerprint density at radius 2 is 2.14 bits per heavy atom. The highest BCUT2D eigenvalue weighted by molar-refractivity contribution is 7.89. The lowest BCUT2D eigenvalue weighted by Crippen LogP contribution is -2.43. The Kier molecular flexibility index (Phi) is 3.97. The largest absolute Gasteiger partial charge is 0.368 e. The highest BCUT2D eigenvalue weighted by Crippen LogP contribution is 2.29. The van der Waals surface area contributed by atoms with Crippen molar-refractivity contribution in [2.45, 2.75) is 30.7 Å². The second kappa shape index (κ2) is 5.41. The van der Waals surface area contributed by atoms with E-state index in [0.717, 1.165) is 10.4 Å². The molecule has 21 heavy (non-hydrogen) atoms. The van der Waals surface area contributed by atoms with Crippen LogP contribution in [0.2, 0.25) is 0 Å². The second-order valence-electron chi connectivity index (χ2n) is 4.88. The minimum Gasteiger partial charge on any atom is -0.368 e. The van der Waals surface area contributed by atoms with Crippen LogP contribution in [0.15, 0.2) is 23.1 Å². The molecular weight excluding hydrogens is 298 g/mol. The first-order valence-electron chi connectivity index (χ1n) is 6.31. The van der Waals surface area contributed by atoms with E-state index in [1.54, 1.807) is 0 Å². The van der Waals surface area contributed by atoms with Crippen LogP contribution in [0, 0.1) is 17.0 Å². The number of nitrogens with two attached hydrogens (primary N) is 1. The van der Waals surface area contributed by atoms with E-state index >= 15 is 0 Å². The number of hydrogen-bond donors (Lipinski definition) is 1. The maximum Gasteiger partial charge on any atom is 0.273 e. The predicted octanol–water partition coefficient (Wildman–Crippen LogP) is 0.542. The van der Waals surface area contributed by atoms with Crippen LogP contribution in [0.4, 0.5) is 5.69 Å². The smallest absolute Gasteiger partial charge is 0.273 e. The molecule has 114 valence electrons. The highest BCUT2D eigenvalue weighted by atomic mass is 32.2. The van der Waals surface area contributed by atoms with E-state index in [1.807, 2.05) is 0 Å². The van der Waals surface area contributed by atoms with Crippen LogP contribution in [0.25, 0.3) is 0 Å². The number of amides is 1. The molecule has 0 saturated carbocycles. The molecule has 0 unspecified atom stereocenters. The van der Waals surface area contributed by atoms with Crippen LogP contribution in [0.3, 0.4) is 0 Å². The summed E-state index contributed by atoms with van der Waals surface area (Å²) in [5.74, 6) is -0.710. The van der Waals surface area contributed by atoms with Crippen molar-refractivity contribution in [2.75, 3.05) is 6.54 Å². The summed E-state index contributed by atoms with van der Waals surface area (Å²) in [7, 11) is -3.98. The molecule has 0 spiro atoms. The number of aryl methyl sites for hydroxylation is 1. The van der Waals surface area contributed by atoms with E-state index in [1.165, 1.54) is 19.1 Å². The lowest BCUT2D eigenvalue weighted by molar-refractivity contribution is -0.385. The lowest BCUT2D eigenvalue weighted by Gasteiger charge is -2.21. The minimum atomic E-state index is -3.98. The number of benzene rings is 1. The molecule has 1 fully saturated rings. The Morgan fingerprint density at radius 3 is 2.71 bits per heavy atom.